The molecule has 0 spiro atoms. The second-order valence-electron chi connectivity index (χ2n) is 8.09. The lowest BCUT2D eigenvalue weighted by Gasteiger charge is -2.13. The molecule has 2 heterocycles. The van der Waals surface area contributed by atoms with Gasteiger partial charge in [-0.3, -0.25) is 9.36 Å². The molecule has 0 aliphatic rings. The van der Waals surface area contributed by atoms with Crippen molar-refractivity contribution in [3.05, 3.63) is 86.8 Å². The van der Waals surface area contributed by atoms with Gasteiger partial charge in [-0.15, -0.1) is 11.3 Å². The van der Waals surface area contributed by atoms with Crippen LogP contribution in [0.5, 0.6) is 0 Å². The average molecular weight is 428 g/mol. The summed E-state index contributed by atoms with van der Waals surface area (Å²) in [5.74, 6) is 1.26. The molecule has 0 N–H and O–H groups in total. The van der Waals surface area contributed by atoms with E-state index in [1.807, 2.05) is 23.6 Å². The lowest BCUT2D eigenvalue weighted by molar-refractivity contribution is 0.666. The molecule has 0 radical (unpaired) electrons. The van der Waals surface area contributed by atoms with Crippen LogP contribution in [-0.4, -0.2) is 9.55 Å². The Bertz CT molecular complexity index is 1320. The fourth-order valence-corrected chi connectivity index (χ4v) is 4.78. The van der Waals surface area contributed by atoms with Crippen LogP contribution in [-0.2, 0) is 13.0 Å². The summed E-state index contributed by atoms with van der Waals surface area (Å²) in [7, 11) is 0. The van der Waals surface area contributed by atoms with E-state index in [-0.39, 0.29) is 5.56 Å². The highest BCUT2D eigenvalue weighted by Crippen LogP contribution is 2.32. The number of aromatic nitrogens is 2. The van der Waals surface area contributed by atoms with Crippen molar-refractivity contribution < 1.29 is 0 Å². The van der Waals surface area contributed by atoms with Gasteiger partial charge in [0.15, 0.2) is 0 Å². The molecule has 0 aliphatic carbocycles. The van der Waals surface area contributed by atoms with Crippen LogP contribution in [0.1, 0.15) is 55.6 Å². The van der Waals surface area contributed by atoms with Crippen molar-refractivity contribution in [1.29, 1.82) is 5.26 Å². The van der Waals surface area contributed by atoms with Gasteiger partial charge in [0.2, 0.25) is 0 Å². The first-order valence-electron chi connectivity index (χ1n) is 10.6. The van der Waals surface area contributed by atoms with Gasteiger partial charge in [-0.05, 0) is 41.2 Å². The van der Waals surface area contributed by atoms with E-state index in [1.54, 1.807) is 10.6 Å². The number of nitrogens with zero attached hydrogens (tertiary/aromatic N) is 3. The number of fused-ring (bicyclic) bond motifs is 1. The quantitative estimate of drug-likeness (QED) is 0.372. The Hall–Kier alpha value is -3.23. The van der Waals surface area contributed by atoms with Gasteiger partial charge in [0.25, 0.3) is 5.56 Å². The standard InChI is InChI=1S/C26H25N3OS/c1-4-6-23-28-25-24(22(16-31-25)21-11-9-20(10-12-21)17(2)3)26(30)29(23)15-19-8-5-7-18(13-19)14-27/h5,7-13,16-17H,4,6,15H2,1-3H3. The van der Waals surface area contributed by atoms with Crippen molar-refractivity contribution in [2.24, 2.45) is 0 Å². The molecular weight excluding hydrogens is 402 g/mol. The van der Waals surface area contributed by atoms with Crippen molar-refractivity contribution in [2.45, 2.75) is 46.1 Å². The minimum atomic E-state index is -0.0139. The van der Waals surface area contributed by atoms with Gasteiger partial charge in [-0.25, -0.2) is 4.98 Å². The molecular formula is C26H25N3OS. The van der Waals surface area contributed by atoms with Crippen molar-refractivity contribution >= 4 is 21.6 Å². The number of rotatable bonds is 6. The Labute approximate surface area is 186 Å². The molecule has 4 rings (SSSR count). The zero-order valence-electron chi connectivity index (χ0n) is 18.1. The normalized spacial score (nSPS) is 11.2. The van der Waals surface area contributed by atoms with E-state index in [1.165, 1.54) is 16.9 Å². The Morgan fingerprint density at radius 2 is 1.94 bits per heavy atom. The third kappa shape index (κ3) is 4.17. The van der Waals surface area contributed by atoms with Gasteiger partial charge < -0.3 is 0 Å². The van der Waals surface area contributed by atoms with Crippen LogP contribution in [0, 0.1) is 11.3 Å². The third-order valence-corrected chi connectivity index (χ3v) is 6.40. The van der Waals surface area contributed by atoms with E-state index in [2.05, 4.69) is 51.1 Å². The molecule has 0 saturated heterocycles. The lowest BCUT2D eigenvalue weighted by atomic mass is 9.99. The SMILES string of the molecule is CCCc1nc2scc(-c3ccc(C(C)C)cc3)c2c(=O)n1Cc1cccc(C#N)c1. The summed E-state index contributed by atoms with van der Waals surface area (Å²) in [6, 6.07) is 18.1. The van der Waals surface area contributed by atoms with Crippen LogP contribution < -0.4 is 5.56 Å². The number of thiophene rings is 1. The summed E-state index contributed by atoms with van der Waals surface area (Å²) in [5.41, 5.74) is 4.77. The molecule has 0 unspecified atom stereocenters. The van der Waals surface area contributed by atoms with Crippen molar-refractivity contribution in [3.63, 3.8) is 0 Å². The van der Waals surface area contributed by atoms with Crippen LogP contribution in [0.25, 0.3) is 21.3 Å². The minimum absolute atomic E-state index is 0.0139. The maximum Gasteiger partial charge on any atom is 0.263 e. The second-order valence-corrected chi connectivity index (χ2v) is 8.95. The molecule has 2 aromatic carbocycles. The van der Waals surface area contributed by atoms with Crippen molar-refractivity contribution in [1.82, 2.24) is 9.55 Å². The monoisotopic (exact) mass is 427 g/mol. The fraction of sp³-hybridized carbons (Fsp3) is 0.269. The molecule has 0 aliphatic heterocycles. The van der Waals surface area contributed by atoms with Gasteiger partial charge >= 0.3 is 0 Å². The zero-order valence-corrected chi connectivity index (χ0v) is 18.9. The lowest BCUT2D eigenvalue weighted by Crippen LogP contribution is -2.25. The van der Waals surface area contributed by atoms with Gasteiger partial charge in [-0.1, -0.05) is 57.2 Å². The first kappa shape index (κ1) is 21.0. The van der Waals surface area contributed by atoms with Crippen molar-refractivity contribution in [3.8, 4) is 17.2 Å². The summed E-state index contributed by atoms with van der Waals surface area (Å²) in [5, 5.41) is 11.9. The van der Waals surface area contributed by atoms with Crippen LogP contribution in [0.4, 0.5) is 0 Å². The number of nitriles is 1. The first-order valence-corrected chi connectivity index (χ1v) is 11.5. The van der Waals surface area contributed by atoms with Crippen LogP contribution >= 0.6 is 11.3 Å². The summed E-state index contributed by atoms with van der Waals surface area (Å²) >= 11 is 1.53. The van der Waals surface area contributed by atoms with Crippen LogP contribution in [0.2, 0.25) is 0 Å². The fourth-order valence-electron chi connectivity index (χ4n) is 3.83. The first-order chi connectivity index (χ1) is 15.0. The molecule has 31 heavy (non-hydrogen) atoms. The summed E-state index contributed by atoms with van der Waals surface area (Å²) in [4.78, 5) is 19.3. The molecule has 0 saturated carbocycles. The van der Waals surface area contributed by atoms with E-state index in [0.29, 0.717) is 23.4 Å². The van der Waals surface area contributed by atoms with Gasteiger partial charge in [0, 0.05) is 17.4 Å². The molecule has 0 amide bonds. The predicted octanol–water partition coefficient (Wildman–Crippen LogP) is 6.12. The van der Waals surface area contributed by atoms with E-state index < -0.39 is 0 Å². The Morgan fingerprint density at radius 1 is 1.16 bits per heavy atom. The highest BCUT2D eigenvalue weighted by atomic mass is 32.1. The molecule has 0 fully saturated rings. The van der Waals surface area contributed by atoms with E-state index in [0.717, 1.165) is 40.2 Å². The van der Waals surface area contributed by atoms with Crippen LogP contribution in [0.15, 0.2) is 58.7 Å². The molecule has 5 heteroatoms. The Morgan fingerprint density at radius 3 is 2.61 bits per heavy atom. The highest BCUT2D eigenvalue weighted by molar-refractivity contribution is 7.17. The number of aryl methyl sites for hydroxylation is 1. The number of hydrogen-bond acceptors (Lipinski definition) is 4. The second kappa shape index (κ2) is 8.87. The molecule has 0 bridgehead atoms. The molecule has 4 nitrogen and oxygen atoms in total. The molecule has 2 aromatic heterocycles. The number of hydrogen-bond donors (Lipinski definition) is 0. The maximum atomic E-state index is 13.7. The van der Waals surface area contributed by atoms with Crippen molar-refractivity contribution in [2.75, 3.05) is 0 Å². The number of benzene rings is 2. The maximum absolute atomic E-state index is 13.7. The molecule has 156 valence electrons. The van der Waals surface area contributed by atoms with E-state index in [9.17, 15) is 10.1 Å². The third-order valence-electron chi connectivity index (χ3n) is 5.53. The molecule has 4 aromatic rings. The summed E-state index contributed by atoms with van der Waals surface area (Å²) in [6.07, 6.45) is 1.64. The summed E-state index contributed by atoms with van der Waals surface area (Å²) < 4.78 is 1.78. The van der Waals surface area contributed by atoms with Gasteiger partial charge in [0.05, 0.1) is 23.6 Å². The van der Waals surface area contributed by atoms with Crippen LogP contribution in [0.3, 0.4) is 0 Å². The largest absolute Gasteiger partial charge is 0.292 e. The minimum Gasteiger partial charge on any atom is -0.292 e. The topological polar surface area (TPSA) is 58.7 Å². The van der Waals surface area contributed by atoms with Gasteiger partial charge in [-0.2, -0.15) is 5.26 Å². The molecule has 0 atom stereocenters. The predicted molar refractivity (Wildman–Crippen MR) is 128 cm³/mol. The average Bonchev–Trinajstić information content (AvgIpc) is 3.21. The highest BCUT2D eigenvalue weighted by Gasteiger charge is 2.17. The Kier molecular flexibility index (Phi) is 6.01. The summed E-state index contributed by atoms with van der Waals surface area (Å²) in [6.45, 7) is 6.85. The zero-order chi connectivity index (χ0) is 22.0. The van der Waals surface area contributed by atoms with Gasteiger partial charge in [0.1, 0.15) is 10.7 Å². The van der Waals surface area contributed by atoms with E-state index >= 15 is 0 Å². The smallest absolute Gasteiger partial charge is 0.263 e. The van der Waals surface area contributed by atoms with E-state index in [4.69, 9.17) is 4.98 Å². The Balaban J connectivity index is 1.86.